The number of hydrogen-bond acceptors (Lipinski definition) is 0. The minimum atomic E-state index is 0.727. The highest BCUT2D eigenvalue weighted by Gasteiger charge is 1.96. The van der Waals surface area contributed by atoms with Crippen molar-refractivity contribution in [3.8, 4) is 0 Å². The van der Waals surface area contributed by atoms with Gasteiger partial charge in [-0.2, -0.15) is 0 Å². The van der Waals surface area contributed by atoms with E-state index in [1.807, 2.05) is 0 Å². The van der Waals surface area contributed by atoms with Gasteiger partial charge in [0.25, 0.3) is 0 Å². The number of hydrogen-bond donors (Lipinski definition) is 0. The summed E-state index contributed by atoms with van der Waals surface area (Å²) in [5.41, 5.74) is 2.65. The Bertz CT molecular complexity index is 221. The number of rotatable bonds is 6. The first-order chi connectivity index (χ1) is 6.60. The Balaban J connectivity index is 4.12. The molecule has 1 heteroatoms. The molecule has 0 bridgehead atoms. The topological polar surface area (TPSA) is 0 Å². The van der Waals surface area contributed by atoms with Crippen LogP contribution in [0.5, 0.6) is 0 Å². The fourth-order valence-electron chi connectivity index (χ4n) is 1.38. The summed E-state index contributed by atoms with van der Waals surface area (Å²) in [5.74, 6) is 0.727. The zero-order valence-corrected chi connectivity index (χ0v) is 10.1. The molecule has 0 aliphatic rings. The molecule has 78 valence electrons. The molecule has 1 unspecified atom stereocenters. The molecule has 0 spiro atoms. The van der Waals surface area contributed by atoms with Crippen LogP contribution in [0.3, 0.4) is 0 Å². The summed E-state index contributed by atoms with van der Waals surface area (Å²) in [4.78, 5) is 0. The quantitative estimate of drug-likeness (QED) is 0.442. The maximum Gasteiger partial charge on any atom is 0.105 e. The highest BCUT2D eigenvalue weighted by molar-refractivity contribution is 6.11. The van der Waals surface area contributed by atoms with Crippen LogP contribution in [0, 0.1) is 0 Å². The lowest BCUT2D eigenvalue weighted by atomic mass is 9.83. The Morgan fingerprint density at radius 1 is 1.43 bits per heavy atom. The summed E-state index contributed by atoms with van der Waals surface area (Å²) < 4.78 is 0. The molecule has 0 aromatic rings. The molecule has 0 N–H and O–H groups in total. The van der Waals surface area contributed by atoms with Gasteiger partial charge >= 0.3 is 0 Å². The molecule has 0 aliphatic heterocycles. The minimum Gasteiger partial charge on any atom is -0.0958 e. The second-order valence-electron chi connectivity index (χ2n) is 4.20. The molecular formula is C13H23B. The van der Waals surface area contributed by atoms with Crippen LogP contribution in [0.1, 0.15) is 40.0 Å². The molecule has 0 fully saturated rings. The molecule has 0 rings (SSSR count). The van der Waals surface area contributed by atoms with E-state index in [1.54, 1.807) is 0 Å². The van der Waals surface area contributed by atoms with Crippen LogP contribution in [0.2, 0.25) is 5.82 Å². The Hall–Kier alpha value is -0.715. The third-order valence-electron chi connectivity index (χ3n) is 2.12. The summed E-state index contributed by atoms with van der Waals surface area (Å²) in [6, 6.07) is 0. The van der Waals surface area contributed by atoms with Crippen molar-refractivity contribution >= 4 is 7.85 Å². The average molecular weight is 190 g/mol. The molecule has 0 nitrogen and oxygen atoms in total. The second-order valence-corrected chi connectivity index (χ2v) is 4.20. The molecule has 0 saturated heterocycles. The van der Waals surface area contributed by atoms with Crippen LogP contribution >= 0.6 is 0 Å². The molecule has 14 heavy (non-hydrogen) atoms. The SMILES string of the molecule is BC(C)CC(/C=C\C(=C)CCC)=C/C. The number of allylic oxidation sites excluding steroid dienone is 5. The van der Waals surface area contributed by atoms with Crippen molar-refractivity contribution in [3.05, 3.63) is 36.0 Å². The summed E-state index contributed by atoms with van der Waals surface area (Å²) in [7, 11) is 2.25. The molecule has 0 aliphatic carbocycles. The van der Waals surface area contributed by atoms with E-state index >= 15 is 0 Å². The van der Waals surface area contributed by atoms with E-state index < -0.39 is 0 Å². The molecule has 0 amide bonds. The monoisotopic (exact) mass is 190 g/mol. The van der Waals surface area contributed by atoms with Gasteiger partial charge in [-0.1, -0.05) is 62.0 Å². The van der Waals surface area contributed by atoms with Gasteiger partial charge in [0, 0.05) is 0 Å². The largest absolute Gasteiger partial charge is 0.105 e. The first-order valence-corrected chi connectivity index (χ1v) is 5.61. The fraction of sp³-hybridized carbons (Fsp3) is 0.538. The van der Waals surface area contributed by atoms with E-state index in [2.05, 4.69) is 53.4 Å². The standard InChI is InChI=1S/C13H23B/c1-5-7-11(3)8-9-13(6-2)10-12(4)14/h6,8-9,12H,3,5,7,10,14H2,1-2,4H3/b9-8-,13-6+. The van der Waals surface area contributed by atoms with Gasteiger partial charge in [-0.3, -0.25) is 0 Å². The van der Waals surface area contributed by atoms with Gasteiger partial charge in [-0.05, 0) is 19.8 Å². The summed E-state index contributed by atoms with van der Waals surface area (Å²) in [6.07, 6.45) is 10.00. The molecule has 0 heterocycles. The summed E-state index contributed by atoms with van der Waals surface area (Å²) in [6.45, 7) is 10.6. The molecule has 0 saturated carbocycles. The van der Waals surface area contributed by atoms with Gasteiger partial charge in [-0.15, -0.1) is 0 Å². The van der Waals surface area contributed by atoms with Gasteiger partial charge in [0.1, 0.15) is 7.85 Å². The van der Waals surface area contributed by atoms with Crippen molar-refractivity contribution in [2.75, 3.05) is 0 Å². The van der Waals surface area contributed by atoms with Gasteiger partial charge in [0.05, 0.1) is 0 Å². The Kier molecular flexibility index (Phi) is 7.28. The Morgan fingerprint density at radius 3 is 2.50 bits per heavy atom. The average Bonchev–Trinajstić information content (AvgIpc) is 2.12. The van der Waals surface area contributed by atoms with Crippen molar-refractivity contribution < 1.29 is 0 Å². The zero-order chi connectivity index (χ0) is 11.0. The predicted octanol–water partition coefficient (Wildman–Crippen LogP) is 3.68. The lowest BCUT2D eigenvalue weighted by Crippen LogP contribution is -1.87. The van der Waals surface area contributed by atoms with Crippen molar-refractivity contribution in [3.63, 3.8) is 0 Å². The van der Waals surface area contributed by atoms with E-state index in [0.717, 1.165) is 18.7 Å². The fourth-order valence-corrected chi connectivity index (χ4v) is 1.38. The first kappa shape index (κ1) is 13.3. The van der Waals surface area contributed by atoms with Crippen molar-refractivity contribution in [1.29, 1.82) is 0 Å². The van der Waals surface area contributed by atoms with Crippen LogP contribution in [0.25, 0.3) is 0 Å². The van der Waals surface area contributed by atoms with Gasteiger partial charge in [0.2, 0.25) is 0 Å². The van der Waals surface area contributed by atoms with Gasteiger partial charge in [0.15, 0.2) is 0 Å². The van der Waals surface area contributed by atoms with Crippen LogP contribution in [0.15, 0.2) is 36.0 Å². The van der Waals surface area contributed by atoms with Crippen molar-refractivity contribution in [2.45, 2.75) is 45.9 Å². The molecule has 0 aromatic carbocycles. The van der Waals surface area contributed by atoms with Crippen LogP contribution < -0.4 is 0 Å². The summed E-state index contributed by atoms with van der Waals surface area (Å²) >= 11 is 0. The van der Waals surface area contributed by atoms with Gasteiger partial charge in [-0.25, -0.2) is 0 Å². The van der Waals surface area contributed by atoms with E-state index in [9.17, 15) is 0 Å². The first-order valence-electron chi connectivity index (χ1n) is 5.61. The highest BCUT2D eigenvalue weighted by Crippen LogP contribution is 2.15. The predicted molar refractivity (Wildman–Crippen MR) is 69.5 cm³/mol. The molecule has 0 radical (unpaired) electrons. The maximum atomic E-state index is 4.02. The highest BCUT2D eigenvalue weighted by atomic mass is 14.0. The molecule has 1 atom stereocenters. The van der Waals surface area contributed by atoms with Crippen LogP contribution in [0.4, 0.5) is 0 Å². The zero-order valence-electron chi connectivity index (χ0n) is 10.1. The van der Waals surface area contributed by atoms with Crippen molar-refractivity contribution in [2.24, 2.45) is 0 Å². The van der Waals surface area contributed by atoms with Crippen molar-refractivity contribution in [1.82, 2.24) is 0 Å². The third-order valence-corrected chi connectivity index (χ3v) is 2.12. The smallest absolute Gasteiger partial charge is 0.0958 e. The van der Waals surface area contributed by atoms with E-state index in [0.29, 0.717) is 0 Å². The Morgan fingerprint density at radius 2 is 2.07 bits per heavy atom. The lowest BCUT2D eigenvalue weighted by molar-refractivity contribution is 0.912. The van der Waals surface area contributed by atoms with Gasteiger partial charge < -0.3 is 0 Å². The summed E-state index contributed by atoms with van der Waals surface area (Å²) in [5, 5.41) is 0. The molecular weight excluding hydrogens is 167 g/mol. The van der Waals surface area contributed by atoms with E-state index in [4.69, 9.17) is 0 Å². The van der Waals surface area contributed by atoms with E-state index in [-0.39, 0.29) is 0 Å². The minimum absolute atomic E-state index is 0.727. The second kappa shape index (κ2) is 7.67. The third kappa shape index (κ3) is 6.76. The van der Waals surface area contributed by atoms with Crippen LogP contribution in [-0.4, -0.2) is 7.85 Å². The Labute approximate surface area is 90.2 Å². The maximum absolute atomic E-state index is 4.02. The normalized spacial score (nSPS) is 14.6. The van der Waals surface area contributed by atoms with E-state index in [1.165, 1.54) is 17.6 Å². The lowest BCUT2D eigenvalue weighted by Gasteiger charge is -2.05. The molecule has 0 aromatic heterocycles. The van der Waals surface area contributed by atoms with Crippen LogP contribution in [-0.2, 0) is 0 Å².